The Hall–Kier alpha value is -2.14. The maximum Gasteiger partial charge on any atom is 0.155 e. The summed E-state index contributed by atoms with van der Waals surface area (Å²) >= 11 is 3.54. The molecular weight excluding hydrogens is 304 g/mol. The van der Waals surface area contributed by atoms with Crippen LogP contribution in [0.3, 0.4) is 0 Å². The largest absolute Gasteiger partial charge is 0.382 e. The smallest absolute Gasteiger partial charge is 0.155 e. The first-order valence-electron chi connectivity index (χ1n) is 5.77. The summed E-state index contributed by atoms with van der Waals surface area (Å²) in [5, 5.41) is 7.09. The van der Waals surface area contributed by atoms with Gasteiger partial charge in [0, 0.05) is 16.2 Å². The Bertz CT molecular complexity index is 706. The Labute approximate surface area is 118 Å². The lowest BCUT2D eigenvalue weighted by molar-refractivity contribution is 1.10. The predicted octanol–water partition coefficient (Wildman–Crippen LogP) is 3.48. The van der Waals surface area contributed by atoms with E-state index >= 15 is 0 Å². The van der Waals surface area contributed by atoms with Crippen molar-refractivity contribution in [1.29, 1.82) is 0 Å². The number of H-pyrrole nitrogens is 1. The molecule has 3 aromatic rings. The molecule has 0 amide bonds. The van der Waals surface area contributed by atoms with E-state index in [1.165, 1.54) is 0 Å². The summed E-state index contributed by atoms with van der Waals surface area (Å²) < 4.78 is 0.982. The van der Waals surface area contributed by atoms with E-state index in [-0.39, 0.29) is 0 Å². The first-order chi connectivity index (χ1) is 9.27. The molecule has 0 atom stereocenters. The van der Waals surface area contributed by atoms with Gasteiger partial charge < -0.3 is 5.73 Å². The quantitative estimate of drug-likeness (QED) is 0.761. The van der Waals surface area contributed by atoms with Crippen LogP contribution < -0.4 is 5.73 Å². The van der Waals surface area contributed by atoms with E-state index in [2.05, 4.69) is 31.1 Å². The summed E-state index contributed by atoms with van der Waals surface area (Å²) in [4.78, 5) is 4.34. The molecule has 5 heteroatoms. The van der Waals surface area contributed by atoms with Gasteiger partial charge in [0.25, 0.3) is 0 Å². The topological polar surface area (TPSA) is 67.6 Å². The summed E-state index contributed by atoms with van der Waals surface area (Å²) in [7, 11) is 0. The summed E-state index contributed by atoms with van der Waals surface area (Å²) in [6.45, 7) is 0. The van der Waals surface area contributed by atoms with Gasteiger partial charge in [-0.05, 0) is 18.2 Å². The second-order valence-corrected chi connectivity index (χ2v) is 4.91. The number of nitrogens with one attached hydrogen (secondary N) is 1. The number of hydrogen-bond acceptors (Lipinski definition) is 3. The number of aromatic nitrogens is 3. The van der Waals surface area contributed by atoms with Gasteiger partial charge in [-0.1, -0.05) is 40.2 Å². The molecule has 3 N–H and O–H groups in total. The minimum absolute atomic E-state index is 0.449. The summed E-state index contributed by atoms with van der Waals surface area (Å²) in [5.74, 6) is 0.449. The molecule has 94 valence electrons. The van der Waals surface area contributed by atoms with Gasteiger partial charge in [-0.15, -0.1) is 0 Å². The third kappa shape index (κ3) is 2.13. The number of nitrogens with zero attached hydrogens (tertiary/aromatic N) is 2. The van der Waals surface area contributed by atoms with Crippen LogP contribution in [0, 0.1) is 0 Å². The van der Waals surface area contributed by atoms with Gasteiger partial charge in [-0.3, -0.25) is 10.1 Å². The van der Waals surface area contributed by atoms with Crippen molar-refractivity contribution in [1.82, 2.24) is 15.2 Å². The minimum Gasteiger partial charge on any atom is -0.382 e. The third-order valence-electron chi connectivity index (χ3n) is 2.86. The molecule has 0 saturated heterocycles. The highest BCUT2D eigenvalue weighted by molar-refractivity contribution is 9.10. The second-order valence-electron chi connectivity index (χ2n) is 4.05. The van der Waals surface area contributed by atoms with Crippen LogP contribution in [0.4, 0.5) is 5.82 Å². The molecule has 4 nitrogen and oxygen atoms in total. The molecule has 0 radical (unpaired) electrons. The number of nitrogen functional groups attached to an aromatic ring is 1. The van der Waals surface area contributed by atoms with Crippen molar-refractivity contribution in [3.63, 3.8) is 0 Å². The number of pyridine rings is 1. The van der Waals surface area contributed by atoms with Crippen molar-refractivity contribution in [2.75, 3.05) is 5.73 Å². The number of halogens is 1. The molecule has 2 aromatic heterocycles. The van der Waals surface area contributed by atoms with E-state index in [1.54, 1.807) is 6.20 Å². The Morgan fingerprint density at radius 3 is 2.58 bits per heavy atom. The lowest BCUT2D eigenvalue weighted by Crippen LogP contribution is -1.91. The highest BCUT2D eigenvalue weighted by atomic mass is 79.9. The number of anilines is 1. The monoisotopic (exact) mass is 314 g/mol. The standard InChI is InChI=1S/C14H11BrN4/c15-10-6-2-1-5-9(10)13-12(14(16)19-18-13)11-7-3-4-8-17-11/h1-8H,(H3,16,18,19). The van der Waals surface area contributed by atoms with Crippen molar-refractivity contribution in [2.45, 2.75) is 0 Å². The van der Waals surface area contributed by atoms with Crippen LogP contribution in [-0.4, -0.2) is 15.2 Å². The van der Waals surface area contributed by atoms with Gasteiger partial charge in [0.1, 0.15) is 0 Å². The van der Waals surface area contributed by atoms with Gasteiger partial charge >= 0.3 is 0 Å². The van der Waals surface area contributed by atoms with Crippen LogP contribution in [0.25, 0.3) is 22.5 Å². The molecule has 0 aliphatic heterocycles. The maximum absolute atomic E-state index is 5.96. The van der Waals surface area contributed by atoms with Crippen LogP contribution in [0.1, 0.15) is 0 Å². The van der Waals surface area contributed by atoms with Crippen LogP contribution in [-0.2, 0) is 0 Å². The molecule has 0 spiro atoms. The van der Waals surface area contributed by atoms with Gasteiger partial charge in [-0.25, -0.2) is 0 Å². The molecule has 0 unspecified atom stereocenters. The number of aromatic amines is 1. The van der Waals surface area contributed by atoms with Gasteiger partial charge in [0.15, 0.2) is 5.82 Å². The van der Waals surface area contributed by atoms with Gasteiger partial charge in [-0.2, -0.15) is 5.10 Å². The molecule has 19 heavy (non-hydrogen) atoms. The molecule has 0 saturated carbocycles. The van der Waals surface area contributed by atoms with E-state index < -0.39 is 0 Å². The highest BCUT2D eigenvalue weighted by Gasteiger charge is 2.16. The van der Waals surface area contributed by atoms with Crippen LogP contribution >= 0.6 is 15.9 Å². The highest BCUT2D eigenvalue weighted by Crippen LogP contribution is 2.36. The van der Waals surface area contributed by atoms with Crippen molar-refractivity contribution in [3.05, 3.63) is 53.1 Å². The van der Waals surface area contributed by atoms with Crippen molar-refractivity contribution in [2.24, 2.45) is 0 Å². The first-order valence-corrected chi connectivity index (χ1v) is 6.57. The van der Waals surface area contributed by atoms with Crippen LogP contribution in [0.2, 0.25) is 0 Å². The predicted molar refractivity (Wildman–Crippen MR) is 79.4 cm³/mol. The Kier molecular flexibility index (Phi) is 3.05. The zero-order chi connectivity index (χ0) is 13.2. The van der Waals surface area contributed by atoms with Crippen LogP contribution in [0.5, 0.6) is 0 Å². The molecule has 0 bridgehead atoms. The fourth-order valence-electron chi connectivity index (χ4n) is 1.98. The van der Waals surface area contributed by atoms with Crippen molar-refractivity contribution in [3.8, 4) is 22.5 Å². The summed E-state index contributed by atoms with van der Waals surface area (Å²) in [6.07, 6.45) is 1.74. The molecule has 0 fully saturated rings. The van der Waals surface area contributed by atoms with E-state index in [4.69, 9.17) is 5.73 Å². The Morgan fingerprint density at radius 1 is 1.05 bits per heavy atom. The zero-order valence-corrected chi connectivity index (χ0v) is 11.6. The molecule has 0 aliphatic carbocycles. The fraction of sp³-hybridized carbons (Fsp3) is 0. The number of hydrogen-bond donors (Lipinski definition) is 2. The van der Waals surface area contributed by atoms with Crippen molar-refractivity contribution < 1.29 is 0 Å². The van der Waals surface area contributed by atoms with Gasteiger partial charge in [0.05, 0.1) is 17.0 Å². The van der Waals surface area contributed by atoms with E-state index in [1.807, 2.05) is 42.5 Å². The SMILES string of the molecule is Nc1n[nH]c(-c2ccccc2Br)c1-c1ccccn1. The van der Waals surface area contributed by atoms with E-state index in [0.717, 1.165) is 27.0 Å². The molecule has 1 aromatic carbocycles. The lowest BCUT2D eigenvalue weighted by Gasteiger charge is -2.05. The first kappa shape index (κ1) is 11.9. The minimum atomic E-state index is 0.449. The summed E-state index contributed by atoms with van der Waals surface area (Å²) in [5.41, 5.74) is 9.47. The van der Waals surface area contributed by atoms with Gasteiger partial charge in [0.2, 0.25) is 0 Å². The van der Waals surface area contributed by atoms with Crippen LogP contribution in [0.15, 0.2) is 53.1 Å². The second kappa shape index (κ2) is 4.85. The average Bonchev–Trinajstić information content (AvgIpc) is 2.82. The number of nitrogens with two attached hydrogens (primary N) is 1. The molecular formula is C14H11BrN4. The molecule has 0 aliphatic rings. The summed E-state index contributed by atoms with van der Waals surface area (Å²) in [6, 6.07) is 13.6. The third-order valence-corrected chi connectivity index (χ3v) is 3.55. The Morgan fingerprint density at radius 2 is 1.84 bits per heavy atom. The normalized spacial score (nSPS) is 10.6. The van der Waals surface area contributed by atoms with E-state index in [9.17, 15) is 0 Å². The maximum atomic E-state index is 5.96. The average molecular weight is 315 g/mol. The molecule has 2 heterocycles. The van der Waals surface area contributed by atoms with Crippen molar-refractivity contribution >= 4 is 21.7 Å². The Balaban J connectivity index is 2.23. The van der Waals surface area contributed by atoms with E-state index in [0.29, 0.717) is 5.82 Å². The zero-order valence-electron chi connectivity index (χ0n) is 9.97. The number of rotatable bonds is 2. The molecule has 3 rings (SSSR count). The fourth-order valence-corrected chi connectivity index (χ4v) is 2.47. The lowest BCUT2D eigenvalue weighted by atomic mass is 10.0. The number of benzene rings is 1.